The van der Waals surface area contributed by atoms with Gasteiger partial charge in [-0.15, -0.1) is 0 Å². The lowest BCUT2D eigenvalue weighted by atomic mass is 10.1. The van der Waals surface area contributed by atoms with Gasteiger partial charge in [0.25, 0.3) is 5.91 Å². The van der Waals surface area contributed by atoms with E-state index in [0.717, 1.165) is 29.9 Å². The lowest BCUT2D eigenvalue weighted by molar-refractivity contribution is -0.139. The van der Waals surface area contributed by atoms with Crippen LogP contribution in [0.1, 0.15) is 30.8 Å². The number of para-hydroxylation sites is 1. The van der Waals surface area contributed by atoms with Crippen molar-refractivity contribution in [1.29, 1.82) is 0 Å². The summed E-state index contributed by atoms with van der Waals surface area (Å²) >= 11 is 0. The highest BCUT2D eigenvalue weighted by Crippen LogP contribution is 2.25. The molecule has 1 saturated heterocycles. The zero-order valence-corrected chi connectivity index (χ0v) is 17.4. The number of amides is 2. The van der Waals surface area contributed by atoms with Gasteiger partial charge in [-0.25, -0.2) is 4.68 Å². The van der Waals surface area contributed by atoms with Gasteiger partial charge in [-0.1, -0.05) is 55.5 Å². The van der Waals surface area contributed by atoms with Crippen molar-refractivity contribution in [1.82, 2.24) is 19.6 Å². The largest absolute Gasteiger partial charge is 0.339 e. The second-order valence-corrected chi connectivity index (χ2v) is 7.53. The zero-order valence-electron chi connectivity index (χ0n) is 17.4. The van der Waals surface area contributed by atoms with E-state index in [2.05, 4.69) is 12.0 Å². The van der Waals surface area contributed by atoms with Gasteiger partial charge in [0.05, 0.1) is 11.4 Å². The maximum Gasteiger partial charge on any atom is 0.275 e. The first-order valence-electron chi connectivity index (χ1n) is 10.4. The van der Waals surface area contributed by atoms with E-state index in [-0.39, 0.29) is 11.8 Å². The van der Waals surface area contributed by atoms with Gasteiger partial charge in [-0.2, -0.15) is 5.10 Å². The van der Waals surface area contributed by atoms with E-state index >= 15 is 0 Å². The number of nitrogens with zero attached hydrogens (tertiary/aromatic N) is 4. The minimum atomic E-state index is -0.486. The van der Waals surface area contributed by atoms with E-state index in [1.54, 1.807) is 16.5 Å². The maximum absolute atomic E-state index is 13.3. The number of carbonyl (C=O) groups is 2. The molecule has 154 valence electrons. The molecule has 0 spiro atoms. The molecule has 1 aliphatic rings. The predicted molar refractivity (Wildman–Crippen MR) is 116 cm³/mol. The topological polar surface area (TPSA) is 58.4 Å². The van der Waals surface area contributed by atoms with E-state index in [4.69, 9.17) is 0 Å². The van der Waals surface area contributed by atoms with Crippen molar-refractivity contribution in [2.45, 2.75) is 26.3 Å². The fourth-order valence-corrected chi connectivity index (χ4v) is 3.91. The summed E-state index contributed by atoms with van der Waals surface area (Å²) in [5.41, 5.74) is 3.05. The Morgan fingerprint density at radius 3 is 2.37 bits per heavy atom. The smallest absolute Gasteiger partial charge is 0.275 e. The number of carbonyl (C=O) groups excluding carboxylic acids is 2. The summed E-state index contributed by atoms with van der Waals surface area (Å²) in [6.45, 7) is 5.66. The van der Waals surface area contributed by atoms with Crippen molar-refractivity contribution in [2.24, 2.45) is 0 Å². The van der Waals surface area contributed by atoms with Crippen LogP contribution in [0.25, 0.3) is 16.9 Å². The van der Waals surface area contributed by atoms with Crippen molar-refractivity contribution in [3.8, 4) is 16.9 Å². The molecule has 4 rings (SSSR count). The third-order valence-corrected chi connectivity index (χ3v) is 5.50. The molecule has 2 aromatic carbocycles. The average molecular weight is 402 g/mol. The SMILES string of the molecule is CCCN1CCN(C(=O)c2cc(-c3ccccc3)n(-c3ccccc3)n2)[C@H](C)C1=O. The Labute approximate surface area is 176 Å². The number of rotatable bonds is 5. The van der Waals surface area contributed by atoms with Crippen LogP contribution in [-0.2, 0) is 4.79 Å². The van der Waals surface area contributed by atoms with Gasteiger partial charge < -0.3 is 9.80 Å². The zero-order chi connectivity index (χ0) is 21.1. The number of hydrogen-bond acceptors (Lipinski definition) is 3. The molecule has 30 heavy (non-hydrogen) atoms. The van der Waals surface area contributed by atoms with Gasteiger partial charge in [0.15, 0.2) is 5.69 Å². The minimum Gasteiger partial charge on any atom is -0.339 e. The summed E-state index contributed by atoms with van der Waals surface area (Å²) in [5, 5.41) is 4.65. The van der Waals surface area contributed by atoms with Crippen molar-refractivity contribution >= 4 is 11.8 Å². The Hall–Kier alpha value is -3.41. The summed E-state index contributed by atoms with van der Waals surface area (Å²) in [6, 6.07) is 21.0. The summed E-state index contributed by atoms with van der Waals surface area (Å²) in [6.07, 6.45) is 0.911. The fourth-order valence-electron chi connectivity index (χ4n) is 3.91. The second kappa shape index (κ2) is 8.53. The molecule has 3 aromatic rings. The number of benzene rings is 2. The van der Waals surface area contributed by atoms with Crippen LogP contribution in [-0.4, -0.2) is 57.1 Å². The normalized spacial score (nSPS) is 16.7. The molecule has 0 saturated carbocycles. The molecule has 1 atom stereocenters. The maximum atomic E-state index is 13.3. The number of piperazine rings is 1. The molecule has 6 nitrogen and oxygen atoms in total. The number of hydrogen-bond donors (Lipinski definition) is 0. The van der Waals surface area contributed by atoms with Crippen LogP contribution in [0, 0.1) is 0 Å². The molecule has 0 unspecified atom stereocenters. The Bertz CT molecular complexity index is 973. The van der Waals surface area contributed by atoms with Crippen LogP contribution >= 0.6 is 0 Å². The summed E-state index contributed by atoms with van der Waals surface area (Å²) in [4.78, 5) is 29.5. The van der Waals surface area contributed by atoms with E-state index in [0.29, 0.717) is 18.8 Å². The lowest BCUT2D eigenvalue weighted by Crippen LogP contribution is -2.57. The molecule has 0 bridgehead atoms. The first-order valence-corrected chi connectivity index (χ1v) is 10.4. The van der Waals surface area contributed by atoms with Crippen LogP contribution < -0.4 is 0 Å². The molecule has 2 heterocycles. The average Bonchev–Trinajstić information content (AvgIpc) is 3.24. The monoisotopic (exact) mass is 402 g/mol. The molecule has 0 radical (unpaired) electrons. The molecule has 1 aromatic heterocycles. The van der Waals surface area contributed by atoms with Gasteiger partial charge in [0.2, 0.25) is 5.91 Å². The van der Waals surface area contributed by atoms with E-state index < -0.39 is 6.04 Å². The highest BCUT2D eigenvalue weighted by Gasteiger charge is 2.35. The summed E-state index contributed by atoms with van der Waals surface area (Å²) in [5.74, 6) is -0.207. The van der Waals surface area contributed by atoms with E-state index in [1.807, 2.05) is 71.6 Å². The van der Waals surface area contributed by atoms with Gasteiger partial charge in [0.1, 0.15) is 6.04 Å². The van der Waals surface area contributed by atoms with Crippen LogP contribution in [0.3, 0.4) is 0 Å². The standard InChI is InChI=1S/C24H26N4O2/c1-3-14-26-15-16-27(18(2)23(26)29)24(30)21-17-22(19-10-6-4-7-11-19)28(25-21)20-12-8-5-9-13-20/h4-13,17-18H,3,14-16H2,1-2H3/t18-/m1/s1. The fraction of sp³-hybridized carbons (Fsp3) is 0.292. The van der Waals surface area contributed by atoms with Crippen LogP contribution in [0.5, 0.6) is 0 Å². The van der Waals surface area contributed by atoms with Crippen molar-refractivity contribution in [3.63, 3.8) is 0 Å². The third kappa shape index (κ3) is 3.73. The van der Waals surface area contributed by atoms with Gasteiger partial charge in [-0.05, 0) is 31.5 Å². The Morgan fingerprint density at radius 2 is 1.70 bits per heavy atom. The molecule has 2 amide bonds. The van der Waals surface area contributed by atoms with Gasteiger partial charge in [0, 0.05) is 25.2 Å². The van der Waals surface area contributed by atoms with Crippen molar-refractivity contribution < 1.29 is 9.59 Å². The van der Waals surface area contributed by atoms with Gasteiger partial charge in [-0.3, -0.25) is 9.59 Å². The van der Waals surface area contributed by atoms with E-state index in [9.17, 15) is 9.59 Å². The highest BCUT2D eigenvalue weighted by molar-refractivity contribution is 5.97. The first-order chi connectivity index (χ1) is 14.6. The molecular weight excluding hydrogens is 376 g/mol. The Balaban J connectivity index is 1.69. The lowest BCUT2D eigenvalue weighted by Gasteiger charge is -2.38. The molecule has 0 N–H and O–H groups in total. The first kappa shape index (κ1) is 19.9. The molecule has 1 aliphatic heterocycles. The summed E-state index contributed by atoms with van der Waals surface area (Å²) in [7, 11) is 0. The molecule has 6 heteroatoms. The molecule has 0 aliphatic carbocycles. The highest BCUT2D eigenvalue weighted by atomic mass is 16.2. The minimum absolute atomic E-state index is 0.00206. The van der Waals surface area contributed by atoms with Crippen LogP contribution in [0.2, 0.25) is 0 Å². The number of aromatic nitrogens is 2. The van der Waals surface area contributed by atoms with Crippen molar-refractivity contribution in [3.05, 3.63) is 72.4 Å². The second-order valence-electron chi connectivity index (χ2n) is 7.53. The summed E-state index contributed by atoms with van der Waals surface area (Å²) < 4.78 is 1.79. The molecular formula is C24H26N4O2. The Morgan fingerprint density at radius 1 is 1.03 bits per heavy atom. The van der Waals surface area contributed by atoms with Crippen LogP contribution in [0.15, 0.2) is 66.7 Å². The van der Waals surface area contributed by atoms with E-state index in [1.165, 1.54) is 0 Å². The molecule has 1 fully saturated rings. The Kier molecular flexibility index (Phi) is 5.65. The van der Waals surface area contributed by atoms with Gasteiger partial charge >= 0.3 is 0 Å². The predicted octanol–water partition coefficient (Wildman–Crippen LogP) is 3.62. The third-order valence-electron chi connectivity index (χ3n) is 5.50. The quantitative estimate of drug-likeness (QED) is 0.655. The van der Waals surface area contributed by atoms with Crippen LogP contribution in [0.4, 0.5) is 0 Å². The van der Waals surface area contributed by atoms with Crippen molar-refractivity contribution in [2.75, 3.05) is 19.6 Å².